The predicted octanol–water partition coefficient (Wildman–Crippen LogP) is 4.90. The average molecular weight is 461 g/mol. The van der Waals surface area contributed by atoms with Crippen LogP contribution in [0.15, 0.2) is 72.9 Å². The molecular formula is C27H40O6. The molecule has 33 heavy (non-hydrogen) atoms. The Kier molecular flexibility index (Phi) is 20.7. The van der Waals surface area contributed by atoms with E-state index < -0.39 is 30.8 Å². The highest BCUT2D eigenvalue weighted by molar-refractivity contribution is 5.69. The van der Waals surface area contributed by atoms with E-state index in [0.717, 1.165) is 25.7 Å². The molecule has 6 heteroatoms. The lowest BCUT2D eigenvalue weighted by atomic mass is 10.2. The molecule has 0 saturated carbocycles. The average Bonchev–Trinajstić information content (AvgIpc) is 2.79. The first-order valence-corrected chi connectivity index (χ1v) is 11.5. The Morgan fingerprint density at radius 3 is 2.12 bits per heavy atom. The van der Waals surface area contributed by atoms with E-state index in [9.17, 15) is 14.7 Å². The molecule has 0 aromatic carbocycles. The molecule has 2 N–H and O–H groups in total. The second kappa shape index (κ2) is 22.5. The molecule has 0 radical (unpaired) electrons. The molecule has 0 fully saturated rings. The van der Waals surface area contributed by atoms with Crippen molar-refractivity contribution in [3.8, 4) is 0 Å². The molecule has 184 valence electrons. The Morgan fingerprint density at radius 1 is 0.879 bits per heavy atom. The van der Waals surface area contributed by atoms with Crippen molar-refractivity contribution in [2.45, 2.75) is 71.0 Å². The van der Waals surface area contributed by atoms with Gasteiger partial charge in [-0.2, -0.15) is 0 Å². The highest BCUT2D eigenvalue weighted by atomic mass is 16.6. The number of esters is 2. The topological polar surface area (TPSA) is 93.1 Å². The summed E-state index contributed by atoms with van der Waals surface area (Å²) in [4.78, 5) is 22.5. The predicted molar refractivity (Wildman–Crippen MR) is 132 cm³/mol. The van der Waals surface area contributed by atoms with Gasteiger partial charge in [-0.05, 0) is 38.5 Å². The quantitative estimate of drug-likeness (QED) is 0.172. The fraction of sp³-hybridized carbons (Fsp3) is 0.481. The molecule has 1 unspecified atom stereocenters. The number of allylic oxidation sites excluding steroid dienone is 10. The van der Waals surface area contributed by atoms with Crippen LogP contribution in [0.25, 0.3) is 0 Å². The second-order valence-corrected chi connectivity index (χ2v) is 7.25. The first kappa shape index (κ1) is 30.3. The molecule has 0 spiro atoms. The van der Waals surface area contributed by atoms with E-state index in [0.29, 0.717) is 12.8 Å². The molecule has 0 saturated heterocycles. The summed E-state index contributed by atoms with van der Waals surface area (Å²) in [6, 6.07) is 0. The second-order valence-electron chi connectivity index (χ2n) is 7.25. The maximum atomic E-state index is 11.6. The zero-order chi connectivity index (χ0) is 24.6. The van der Waals surface area contributed by atoms with E-state index in [1.54, 1.807) is 6.08 Å². The van der Waals surface area contributed by atoms with Crippen LogP contribution in [-0.2, 0) is 19.1 Å². The SMILES string of the molecule is CC/C=C\C/C=C\C/C=C\C/C=C\C=C/C(O)C/C=C\CCC(=O)OC[C@H](CO)OC(C)=O. The molecule has 0 aromatic heterocycles. The maximum Gasteiger partial charge on any atom is 0.306 e. The lowest BCUT2D eigenvalue weighted by Gasteiger charge is -2.14. The van der Waals surface area contributed by atoms with Gasteiger partial charge in [0, 0.05) is 13.3 Å². The molecule has 0 aliphatic carbocycles. The van der Waals surface area contributed by atoms with Crippen molar-refractivity contribution in [2.75, 3.05) is 13.2 Å². The number of carbonyl (C=O) groups is 2. The molecular weight excluding hydrogens is 420 g/mol. The largest absolute Gasteiger partial charge is 0.462 e. The van der Waals surface area contributed by atoms with E-state index in [1.807, 2.05) is 30.4 Å². The molecule has 0 heterocycles. The molecule has 0 aliphatic rings. The van der Waals surface area contributed by atoms with Crippen LogP contribution in [0.1, 0.15) is 58.8 Å². The van der Waals surface area contributed by atoms with Gasteiger partial charge in [-0.3, -0.25) is 9.59 Å². The highest BCUT2D eigenvalue weighted by Crippen LogP contribution is 2.02. The van der Waals surface area contributed by atoms with Crippen molar-refractivity contribution in [3.05, 3.63) is 72.9 Å². The number of carbonyl (C=O) groups excluding carboxylic acids is 2. The zero-order valence-electron chi connectivity index (χ0n) is 20.0. The summed E-state index contributed by atoms with van der Waals surface area (Å²) in [5.74, 6) is -0.979. The molecule has 0 bridgehead atoms. The number of hydrogen-bond donors (Lipinski definition) is 2. The Hall–Kier alpha value is -2.70. The first-order chi connectivity index (χ1) is 16.0. The molecule has 0 aromatic rings. The van der Waals surface area contributed by atoms with Crippen LogP contribution in [-0.4, -0.2) is 47.6 Å². The summed E-state index contributed by atoms with van der Waals surface area (Å²) in [5, 5.41) is 19.0. The molecule has 2 atom stereocenters. The Labute approximate surface area is 198 Å². The lowest BCUT2D eigenvalue weighted by Crippen LogP contribution is -2.27. The Morgan fingerprint density at radius 2 is 1.52 bits per heavy atom. The summed E-state index contributed by atoms with van der Waals surface area (Å²) < 4.78 is 9.75. The van der Waals surface area contributed by atoms with E-state index >= 15 is 0 Å². The smallest absolute Gasteiger partial charge is 0.306 e. The third-order valence-electron chi connectivity index (χ3n) is 4.16. The number of ether oxygens (including phenoxy) is 2. The molecule has 6 nitrogen and oxygen atoms in total. The van der Waals surface area contributed by atoms with E-state index in [-0.39, 0.29) is 13.0 Å². The minimum atomic E-state index is -0.839. The van der Waals surface area contributed by atoms with Crippen LogP contribution in [0, 0.1) is 0 Å². The van der Waals surface area contributed by atoms with Gasteiger partial charge in [-0.15, -0.1) is 0 Å². The lowest BCUT2D eigenvalue weighted by molar-refractivity contribution is -0.159. The monoisotopic (exact) mass is 460 g/mol. The Balaban J connectivity index is 3.86. The summed E-state index contributed by atoms with van der Waals surface area (Å²) in [6.07, 6.45) is 27.5. The van der Waals surface area contributed by atoms with Gasteiger partial charge in [-0.25, -0.2) is 0 Å². The summed E-state index contributed by atoms with van der Waals surface area (Å²) >= 11 is 0. The third kappa shape index (κ3) is 22.3. The van der Waals surface area contributed by atoms with Crippen LogP contribution in [0.3, 0.4) is 0 Å². The maximum absolute atomic E-state index is 11.6. The van der Waals surface area contributed by atoms with Crippen molar-refractivity contribution in [3.63, 3.8) is 0 Å². The van der Waals surface area contributed by atoms with Crippen molar-refractivity contribution in [1.29, 1.82) is 0 Å². The highest BCUT2D eigenvalue weighted by Gasteiger charge is 2.13. The third-order valence-corrected chi connectivity index (χ3v) is 4.16. The van der Waals surface area contributed by atoms with Crippen LogP contribution >= 0.6 is 0 Å². The van der Waals surface area contributed by atoms with Gasteiger partial charge in [0.25, 0.3) is 0 Å². The van der Waals surface area contributed by atoms with Crippen molar-refractivity contribution >= 4 is 11.9 Å². The summed E-state index contributed by atoms with van der Waals surface area (Å²) in [6.45, 7) is 2.78. The number of rotatable bonds is 18. The van der Waals surface area contributed by atoms with Gasteiger partial charge in [0.1, 0.15) is 6.61 Å². The number of hydrogen-bond acceptors (Lipinski definition) is 6. The standard InChI is InChI=1S/C27H40O6/c1-3-4-5-6-7-8-9-10-11-12-13-14-16-19-25(30)20-17-15-18-21-27(31)32-23-26(22-28)33-24(2)29/h4-5,7-8,10-11,13-17,19,25-26,28,30H,3,6,9,12,18,20-23H2,1-2H3/b5-4-,8-7-,11-10-,14-13-,17-15-,19-16-/t25?,26-/m0/s1. The van der Waals surface area contributed by atoms with Crippen molar-refractivity contribution < 1.29 is 29.3 Å². The van der Waals surface area contributed by atoms with E-state index in [2.05, 4.69) is 43.4 Å². The Bertz CT molecular complexity index is 685. The van der Waals surface area contributed by atoms with Crippen LogP contribution in [0.5, 0.6) is 0 Å². The van der Waals surface area contributed by atoms with Crippen molar-refractivity contribution in [2.24, 2.45) is 0 Å². The van der Waals surface area contributed by atoms with Gasteiger partial charge in [-0.1, -0.05) is 79.8 Å². The number of aliphatic hydroxyl groups excluding tert-OH is 2. The summed E-state index contributed by atoms with van der Waals surface area (Å²) in [7, 11) is 0. The van der Waals surface area contributed by atoms with Gasteiger partial charge >= 0.3 is 11.9 Å². The van der Waals surface area contributed by atoms with Gasteiger partial charge in [0.15, 0.2) is 6.10 Å². The molecule has 0 amide bonds. The summed E-state index contributed by atoms with van der Waals surface area (Å²) in [5.41, 5.74) is 0. The fourth-order valence-electron chi connectivity index (χ4n) is 2.48. The first-order valence-electron chi connectivity index (χ1n) is 11.5. The van der Waals surface area contributed by atoms with Gasteiger partial charge < -0.3 is 19.7 Å². The van der Waals surface area contributed by atoms with Crippen LogP contribution in [0.2, 0.25) is 0 Å². The van der Waals surface area contributed by atoms with Gasteiger partial charge in [0.2, 0.25) is 0 Å². The fourth-order valence-corrected chi connectivity index (χ4v) is 2.48. The zero-order valence-corrected chi connectivity index (χ0v) is 20.0. The minimum Gasteiger partial charge on any atom is -0.462 e. The van der Waals surface area contributed by atoms with Crippen LogP contribution in [0.4, 0.5) is 0 Å². The minimum absolute atomic E-state index is 0.167. The molecule has 0 aliphatic heterocycles. The van der Waals surface area contributed by atoms with Crippen molar-refractivity contribution in [1.82, 2.24) is 0 Å². The number of aliphatic hydroxyl groups is 2. The van der Waals surface area contributed by atoms with Crippen LogP contribution < -0.4 is 0 Å². The normalized spacial score (nSPS) is 14.4. The van der Waals surface area contributed by atoms with E-state index in [4.69, 9.17) is 14.6 Å². The molecule has 0 rings (SSSR count). The van der Waals surface area contributed by atoms with E-state index in [1.165, 1.54) is 6.92 Å². The van der Waals surface area contributed by atoms with Gasteiger partial charge in [0.05, 0.1) is 12.7 Å².